The highest BCUT2D eigenvalue weighted by molar-refractivity contribution is 7.91. The van der Waals surface area contributed by atoms with Gasteiger partial charge in [-0.15, -0.1) is 0 Å². The van der Waals surface area contributed by atoms with Gasteiger partial charge in [-0.25, -0.2) is 16.8 Å². The molecular formula is C29H30N2O6S2. The number of nitrogens with one attached hydrogen (secondary N) is 1. The molecule has 0 spiro atoms. The number of hydrogen-bond acceptors (Lipinski definition) is 6. The number of para-hydroxylation sites is 1. The first-order valence-corrected chi connectivity index (χ1v) is 16.0. The van der Waals surface area contributed by atoms with Gasteiger partial charge in [0.25, 0.3) is 5.91 Å². The zero-order valence-electron chi connectivity index (χ0n) is 22.3. The van der Waals surface area contributed by atoms with E-state index in [1.165, 1.54) is 12.1 Å². The maximum absolute atomic E-state index is 13.2. The van der Waals surface area contributed by atoms with Crippen molar-refractivity contribution in [2.75, 3.05) is 24.4 Å². The van der Waals surface area contributed by atoms with Gasteiger partial charge in [0.15, 0.2) is 19.7 Å². The lowest BCUT2D eigenvalue weighted by molar-refractivity contribution is 0.102. The zero-order valence-corrected chi connectivity index (χ0v) is 24.0. The Balaban J connectivity index is 1.74. The Morgan fingerprint density at radius 2 is 1.54 bits per heavy atom. The zero-order chi connectivity index (χ0) is 28.5. The van der Waals surface area contributed by atoms with E-state index in [9.17, 15) is 21.6 Å². The van der Waals surface area contributed by atoms with Crippen LogP contribution in [0.4, 0.5) is 5.69 Å². The summed E-state index contributed by atoms with van der Waals surface area (Å²) in [6.45, 7) is 5.87. The molecule has 0 aliphatic heterocycles. The fourth-order valence-corrected chi connectivity index (χ4v) is 5.96. The number of amides is 1. The third-order valence-corrected chi connectivity index (χ3v) is 8.56. The molecule has 0 aliphatic rings. The fraction of sp³-hybridized carbons (Fsp3) is 0.207. The van der Waals surface area contributed by atoms with Gasteiger partial charge in [-0.1, -0.05) is 24.3 Å². The number of benzene rings is 3. The van der Waals surface area contributed by atoms with Crippen LogP contribution in [-0.4, -0.2) is 46.4 Å². The first kappa shape index (κ1) is 28.1. The molecule has 0 fully saturated rings. The van der Waals surface area contributed by atoms with Crippen molar-refractivity contribution in [1.29, 1.82) is 0 Å². The van der Waals surface area contributed by atoms with Gasteiger partial charge < -0.3 is 14.6 Å². The standard InChI is InChI=1S/C29H30N2O6S2/c1-6-37-27-16-11-21(18-28(27)39(5,35)36)24-9-7-8-10-26(24)31-19(2)17-25(20(31)3)29(32)30-22-12-14-23(15-13-22)38(4,33)34/h7-18H,6H2,1-5H3,(H,30,32). The number of anilines is 1. The lowest BCUT2D eigenvalue weighted by atomic mass is 10.0. The summed E-state index contributed by atoms with van der Waals surface area (Å²) in [5.74, 6) is -0.0301. The average molecular weight is 567 g/mol. The third kappa shape index (κ3) is 5.91. The van der Waals surface area contributed by atoms with Gasteiger partial charge in [0.1, 0.15) is 10.6 Å². The van der Waals surface area contributed by atoms with E-state index < -0.39 is 19.7 Å². The van der Waals surface area contributed by atoms with Crippen molar-refractivity contribution in [3.05, 3.63) is 89.7 Å². The van der Waals surface area contributed by atoms with Crippen molar-refractivity contribution in [2.24, 2.45) is 0 Å². The molecule has 0 atom stereocenters. The third-order valence-electron chi connectivity index (χ3n) is 6.32. The summed E-state index contributed by atoms with van der Waals surface area (Å²) in [6.07, 6.45) is 2.28. The highest BCUT2D eigenvalue weighted by Crippen LogP contribution is 2.35. The van der Waals surface area contributed by atoms with Gasteiger partial charge in [-0.05, 0) is 74.9 Å². The topological polar surface area (TPSA) is 112 Å². The second-order valence-corrected chi connectivity index (χ2v) is 13.3. The average Bonchev–Trinajstić information content (AvgIpc) is 3.17. The summed E-state index contributed by atoms with van der Waals surface area (Å²) in [5.41, 5.74) is 4.70. The maximum atomic E-state index is 13.2. The Morgan fingerprint density at radius 3 is 2.15 bits per heavy atom. The van der Waals surface area contributed by atoms with Crippen LogP contribution in [0.15, 0.2) is 82.6 Å². The molecule has 1 N–H and O–H groups in total. The Bertz CT molecular complexity index is 1770. The summed E-state index contributed by atoms with van der Waals surface area (Å²) in [7, 11) is -6.89. The lowest BCUT2D eigenvalue weighted by Crippen LogP contribution is -2.13. The first-order valence-electron chi connectivity index (χ1n) is 12.2. The Hall–Kier alpha value is -3.89. The monoisotopic (exact) mass is 566 g/mol. The summed E-state index contributed by atoms with van der Waals surface area (Å²) in [5, 5.41) is 2.83. The molecule has 8 nitrogen and oxygen atoms in total. The minimum absolute atomic E-state index is 0.111. The molecule has 0 radical (unpaired) electrons. The van der Waals surface area contributed by atoms with Gasteiger partial charge in [0.05, 0.1) is 22.8 Å². The summed E-state index contributed by atoms with van der Waals surface area (Å²) < 4.78 is 56.0. The van der Waals surface area contributed by atoms with Gasteiger partial charge >= 0.3 is 0 Å². The molecule has 3 aromatic carbocycles. The Kier molecular flexibility index (Phi) is 7.72. The van der Waals surface area contributed by atoms with Crippen molar-refractivity contribution in [3.8, 4) is 22.6 Å². The number of hydrogen-bond donors (Lipinski definition) is 1. The van der Waals surface area contributed by atoms with E-state index in [0.29, 0.717) is 34.9 Å². The second-order valence-electron chi connectivity index (χ2n) is 9.25. The Labute approximate surface area is 229 Å². The number of ether oxygens (including phenoxy) is 1. The van der Waals surface area contributed by atoms with E-state index >= 15 is 0 Å². The molecule has 0 unspecified atom stereocenters. The number of rotatable bonds is 8. The van der Waals surface area contributed by atoms with Crippen molar-refractivity contribution in [2.45, 2.75) is 30.6 Å². The van der Waals surface area contributed by atoms with Crippen molar-refractivity contribution >= 4 is 31.3 Å². The molecule has 39 heavy (non-hydrogen) atoms. The van der Waals surface area contributed by atoms with E-state index in [4.69, 9.17) is 4.74 Å². The van der Waals surface area contributed by atoms with Crippen LogP contribution >= 0.6 is 0 Å². The van der Waals surface area contributed by atoms with Gasteiger partial charge in [-0.3, -0.25) is 4.79 Å². The smallest absolute Gasteiger partial charge is 0.257 e. The Morgan fingerprint density at radius 1 is 0.872 bits per heavy atom. The molecule has 0 saturated heterocycles. The number of nitrogens with zero attached hydrogens (tertiary/aromatic N) is 1. The van der Waals surface area contributed by atoms with E-state index in [-0.39, 0.29) is 15.7 Å². The molecule has 1 aromatic heterocycles. The predicted octanol–water partition coefficient (Wildman–Crippen LogP) is 5.22. The fourth-order valence-electron chi connectivity index (χ4n) is 4.50. The van der Waals surface area contributed by atoms with Gasteiger partial charge in [0, 0.05) is 35.2 Å². The molecule has 0 bridgehead atoms. The molecule has 10 heteroatoms. The molecule has 0 saturated carbocycles. The minimum atomic E-state index is -3.55. The molecular weight excluding hydrogens is 536 g/mol. The summed E-state index contributed by atoms with van der Waals surface area (Å²) >= 11 is 0. The number of aromatic nitrogens is 1. The quantitative estimate of drug-likeness (QED) is 0.313. The molecule has 1 heterocycles. The van der Waals surface area contributed by atoms with Crippen LogP contribution in [0.2, 0.25) is 0 Å². The van der Waals surface area contributed by atoms with E-state index in [1.807, 2.05) is 48.7 Å². The van der Waals surface area contributed by atoms with E-state index in [0.717, 1.165) is 29.5 Å². The highest BCUT2D eigenvalue weighted by atomic mass is 32.2. The van der Waals surface area contributed by atoms with Crippen molar-refractivity contribution < 1.29 is 26.4 Å². The maximum Gasteiger partial charge on any atom is 0.257 e. The minimum Gasteiger partial charge on any atom is -0.493 e. The van der Waals surface area contributed by atoms with Crippen LogP contribution in [0, 0.1) is 13.8 Å². The molecule has 0 aliphatic carbocycles. The van der Waals surface area contributed by atoms with Crippen LogP contribution < -0.4 is 10.1 Å². The number of carbonyl (C=O) groups excluding carboxylic acids is 1. The molecule has 4 rings (SSSR count). The summed E-state index contributed by atoms with van der Waals surface area (Å²) in [4.78, 5) is 13.5. The van der Waals surface area contributed by atoms with Gasteiger partial charge in [0.2, 0.25) is 0 Å². The molecule has 1 amide bonds. The van der Waals surface area contributed by atoms with Crippen LogP contribution in [0.25, 0.3) is 16.8 Å². The van der Waals surface area contributed by atoms with Crippen LogP contribution in [0.1, 0.15) is 28.7 Å². The first-order chi connectivity index (χ1) is 18.3. The number of carbonyl (C=O) groups is 1. The summed E-state index contributed by atoms with van der Waals surface area (Å²) in [6, 6.07) is 20.4. The molecule has 204 valence electrons. The normalized spacial score (nSPS) is 11.8. The SMILES string of the molecule is CCOc1ccc(-c2ccccc2-n2c(C)cc(C(=O)Nc3ccc(S(C)(=O)=O)cc3)c2C)cc1S(C)(=O)=O. The van der Waals surface area contributed by atoms with E-state index in [1.54, 1.807) is 37.3 Å². The highest BCUT2D eigenvalue weighted by Gasteiger charge is 2.21. The number of aryl methyl sites for hydroxylation is 1. The van der Waals surface area contributed by atoms with Crippen LogP contribution in [0.3, 0.4) is 0 Å². The molecule has 4 aromatic rings. The van der Waals surface area contributed by atoms with Crippen LogP contribution in [0.5, 0.6) is 5.75 Å². The lowest BCUT2D eigenvalue weighted by Gasteiger charge is -2.17. The predicted molar refractivity (Wildman–Crippen MR) is 152 cm³/mol. The van der Waals surface area contributed by atoms with E-state index in [2.05, 4.69) is 5.32 Å². The van der Waals surface area contributed by atoms with Gasteiger partial charge in [-0.2, -0.15) is 0 Å². The van der Waals surface area contributed by atoms with Crippen molar-refractivity contribution in [3.63, 3.8) is 0 Å². The second kappa shape index (κ2) is 10.7. The number of sulfone groups is 2. The largest absolute Gasteiger partial charge is 0.493 e. The van der Waals surface area contributed by atoms with Crippen LogP contribution in [-0.2, 0) is 19.7 Å². The van der Waals surface area contributed by atoms with Crippen molar-refractivity contribution in [1.82, 2.24) is 4.57 Å².